The highest BCUT2D eigenvalue weighted by Gasteiger charge is 2.22. The number of hydrogen-bond acceptors (Lipinski definition) is 7. The van der Waals surface area contributed by atoms with E-state index >= 15 is 0 Å². The van der Waals surface area contributed by atoms with Crippen molar-refractivity contribution in [3.05, 3.63) is 54.1 Å². The van der Waals surface area contributed by atoms with E-state index in [1.165, 1.54) is 13.3 Å². The molecule has 0 fully saturated rings. The van der Waals surface area contributed by atoms with Crippen LogP contribution in [0.15, 0.2) is 42.9 Å². The van der Waals surface area contributed by atoms with Crippen molar-refractivity contribution in [3.8, 4) is 0 Å². The summed E-state index contributed by atoms with van der Waals surface area (Å²) in [5.41, 5.74) is 1.48. The molecule has 0 aliphatic heterocycles. The number of aromatic nitrogens is 2. The third-order valence-corrected chi connectivity index (χ3v) is 5.35. The molecule has 0 saturated heterocycles. The van der Waals surface area contributed by atoms with Crippen molar-refractivity contribution in [2.24, 2.45) is 0 Å². The van der Waals surface area contributed by atoms with Gasteiger partial charge in [0.1, 0.15) is 18.7 Å². The van der Waals surface area contributed by atoms with Gasteiger partial charge in [0.25, 0.3) is 0 Å². The first-order chi connectivity index (χ1) is 18.2. The van der Waals surface area contributed by atoms with Gasteiger partial charge in [0.15, 0.2) is 0 Å². The van der Waals surface area contributed by atoms with E-state index in [0.717, 1.165) is 5.56 Å². The zero-order valence-corrected chi connectivity index (χ0v) is 21.2. The lowest BCUT2D eigenvalue weighted by atomic mass is 10.1. The highest BCUT2D eigenvalue weighted by molar-refractivity contribution is 5.86. The molecule has 0 bridgehead atoms. The summed E-state index contributed by atoms with van der Waals surface area (Å²) in [7, 11) is 0. The molecule has 206 valence electrons. The van der Waals surface area contributed by atoms with Crippen molar-refractivity contribution < 1.29 is 33.8 Å². The fourth-order valence-electron chi connectivity index (χ4n) is 3.26. The number of carbonyl (C=O) groups is 5. The Morgan fingerprint density at radius 2 is 1.74 bits per heavy atom. The quantitative estimate of drug-likeness (QED) is 0.170. The molecular formula is C25H34N6O7. The summed E-state index contributed by atoms with van der Waals surface area (Å²) in [4.78, 5) is 66.1. The van der Waals surface area contributed by atoms with Crippen molar-refractivity contribution in [2.75, 3.05) is 13.1 Å². The fraction of sp³-hybridized carbons (Fsp3) is 0.440. The summed E-state index contributed by atoms with van der Waals surface area (Å²) in [6.07, 6.45) is 3.68. The zero-order valence-electron chi connectivity index (χ0n) is 21.2. The van der Waals surface area contributed by atoms with Gasteiger partial charge in [-0.15, -0.1) is 0 Å². The lowest BCUT2D eigenvalue weighted by molar-refractivity contribution is -0.141. The third-order valence-electron chi connectivity index (χ3n) is 5.35. The van der Waals surface area contributed by atoms with Gasteiger partial charge < -0.3 is 36.1 Å². The molecule has 0 unspecified atom stereocenters. The minimum Gasteiger partial charge on any atom is -0.480 e. The van der Waals surface area contributed by atoms with E-state index in [1.54, 1.807) is 6.20 Å². The Labute approximate surface area is 220 Å². The molecule has 2 rings (SSSR count). The Bertz CT molecular complexity index is 1050. The van der Waals surface area contributed by atoms with Gasteiger partial charge in [-0.2, -0.15) is 0 Å². The molecule has 0 aliphatic rings. The van der Waals surface area contributed by atoms with Crippen LogP contribution >= 0.6 is 0 Å². The van der Waals surface area contributed by atoms with E-state index in [9.17, 15) is 24.0 Å². The molecule has 0 spiro atoms. The summed E-state index contributed by atoms with van der Waals surface area (Å²) in [6.45, 7) is 1.81. The number of nitrogens with zero attached hydrogens (tertiary/aromatic N) is 1. The maximum absolute atomic E-state index is 12.7. The van der Waals surface area contributed by atoms with Crippen LogP contribution in [0, 0.1) is 0 Å². The number of benzene rings is 1. The average molecular weight is 531 g/mol. The van der Waals surface area contributed by atoms with Gasteiger partial charge >= 0.3 is 12.1 Å². The summed E-state index contributed by atoms with van der Waals surface area (Å²) < 4.78 is 5.22. The van der Waals surface area contributed by atoms with E-state index in [0.29, 0.717) is 25.1 Å². The normalized spacial score (nSPS) is 12.0. The van der Waals surface area contributed by atoms with E-state index < -0.39 is 36.0 Å². The monoisotopic (exact) mass is 530 g/mol. The molecule has 4 amide bonds. The first kappa shape index (κ1) is 29.8. The van der Waals surface area contributed by atoms with Crippen LogP contribution in [0.25, 0.3) is 0 Å². The minimum atomic E-state index is -1.14. The number of imidazole rings is 1. The third kappa shape index (κ3) is 12.0. The molecule has 0 aliphatic carbocycles. The number of rotatable bonds is 16. The second-order valence-corrected chi connectivity index (χ2v) is 8.52. The number of ether oxygens (including phenoxy) is 1. The first-order valence-corrected chi connectivity index (χ1v) is 12.3. The zero-order chi connectivity index (χ0) is 27.8. The predicted molar refractivity (Wildman–Crippen MR) is 136 cm³/mol. The molecule has 1 aromatic heterocycles. The molecule has 2 aromatic rings. The maximum atomic E-state index is 12.7. The van der Waals surface area contributed by atoms with Crippen LogP contribution in [0.4, 0.5) is 4.79 Å². The molecule has 2 atom stereocenters. The van der Waals surface area contributed by atoms with Crippen molar-refractivity contribution >= 4 is 29.8 Å². The molecule has 0 radical (unpaired) electrons. The number of amides is 4. The highest BCUT2D eigenvalue weighted by atomic mass is 16.5. The number of aliphatic carboxylic acids is 1. The smallest absolute Gasteiger partial charge is 0.408 e. The lowest BCUT2D eigenvalue weighted by Crippen LogP contribution is -2.48. The molecule has 6 N–H and O–H groups in total. The maximum Gasteiger partial charge on any atom is 0.408 e. The second-order valence-electron chi connectivity index (χ2n) is 8.52. The number of carboxylic acids is 1. The molecule has 13 heteroatoms. The molecule has 1 aromatic carbocycles. The van der Waals surface area contributed by atoms with E-state index in [4.69, 9.17) is 9.84 Å². The second kappa shape index (κ2) is 16.3. The number of nitrogens with one attached hydrogen (secondary N) is 5. The molecule has 13 nitrogen and oxygen atoms in total. The number of carboxylic acid groups (broad SMARTS) is 1. The summed E-state index contributed by atoms with van der Waals surface area (Å²) in [6, 6.07) is 7.27. The highest BCUT2D eigenvalue weighted by Crippen LogP contribution is 2.03. The Kier molecular flexibility index (Phi) is 12.8. The Morgan fingerprint density at radius 3 is 2.42 bits per heavy atom. The van der Waals surface area contributed by atoms with Gasteiger partial charge in [0.05, 0.1) is 6.33 Å². The van der Waals surface area contributed by atoms with Crippen LogP contribution in [-0.2, 0) is 36.9 Å². The molecule has 38 heavy (non-hydrogen) atoms. The topological polar surface area (TPSA) is 192 Å². The lowest BCUT2D eigenvalue weighted by Gasteiger charge is -2.18. The van der Waals surface area contributed by atoms with Gasteiger partial charge in [-0.25, -0.2) is 9.78 Å². The number of carbonyl (C=O) groups excluding carboxylic acids is 4. The van der Waals surface area contributed by atoms with E-state index in [2.05, 4.69) is 31.2 Å². The Balaban J connectivity index is 1.67. The van der Waals surface area contributed by atoms with Gasteiger partial charge in [-0.1, -0.05) is 30.3 Å². The van der Waals surface area contributed by atoms with E-state index in [1.807, 2.05) is 30.3 Å². The minimum absolute atomic E-state index is 0.0298. The summed E-state index contributed by atoms with van der Waals surface area (Å²) >= 11 is 0. The van der Waals surface area contributed by atoms with Crippen LogP contribution in [0.2, 0.25) is 0 Å². The summed E-state index contributed by atoms with van der Waals surface area (Å²) in [5, 5.41) is 19.0. The fourth-order valence-corrected chi connectivity index (χ4v) is 3.26. The Hall–Kier alpha value is -4.42. The standard InChI is InChI=1S/C25H34N6O7/c1-17(24(35)36)30-22(33)10-12-27-21(32)9-5-6-11-28-23(34)20(13-19-14-26-16-29-19)31-25(37)38-15-18-7-3-2-4-8-18/h2-4,7-8,14,16-17,20H,5-6,9-13,15H2,1H3,(H,26,29)(H,27,32)(H,28,34)(H,30,33)(H,31,37)(H,35,36)/t17-,20+/m1/s1. The van der Waals surface area contributed by atoms with Gasteiger partial charge in [-0.3, -0.25) is 19.2 Å². The van der Waals surface area contributed by atoms with Crippen LogP contribution in [0.1, 0.15) is 43.9 Å². The van der Waals surface area contributed by atoms with Crippen molar-refractivity contribution in [3.63, 3.8) is 0 Å². The van der Waals surface area contributed by atoms with Crippen molar-refractivity contribution in [1.82, 2.24) is 31.2 Å². The molecule has 0 saturated carbocycles. The van der Waals surface area contributed by atoms with E-state index in [-0.39, 0.29) is 38.3 Å². The largest absolute Gasteiger partial charge is 0.480 e. The molecule has 1 heterocycles. The van der Waals surface area contributed by atoms with Crippen LogP contribution < -0.4 is 21.3 Å². The summed E-state index contributed by atoms with van der Waals surface area (Å²) in [5.74, 6) is -2.26. The number of hydrogen-bond donors (Lipinski definition) is 6. The predicted octanol–water partition coefficient (Wildman–Crippen LogP) is 0.629. The SMILES string of the molecule is C[C@@H](NC(=O)CCNC(=O)CCCCNC(=O)[C@H](Cc1cnc[nH]1)NC(=O)OCc1ccccc1)C(=O)O. The van der Waals surface area contributed by atoms with Crippen LogP contribution in [-0.4, -0.2) is 70.0 Å². The average Bonchev–Trinajstić information content (AvgIpc) is 3.40. The molecular weight excluding hydrogens is 496 g/mol. The van der Waals surface area contributed by atoms with Gasteiger partial charge in [0, 0.05) is 44.2 Å². The Morgan fingerprint density at radius 1 is 0.974 bits per heavy atom. The first-order valence-electron chi connectivity index (χ1n) is 12.3. The number of alkyl carbamates (subject to hydrolysis) is 1. The van der Waals surface area contributed by atoms with Gasteiger partial charge in [-0.05, 0) is 25.3 Å². The van der Waals surface area contributed by atoms with Crippen LogP contribution in [0.3, 0.4) is 0 Å². The van der Waals surface area contributed by atoms with Crippen molar-refractivity contribution in [1.29, 1.82) is 0 Å². The van der Waals surface area contributed by atoms with Gasteiger partial charge in [0.2, 0.25) is 17.7 Å². The van der Waals surface area contributed by atoms with Crippen molar-refractivity contribution in [2.45, 2.75) is 57.7 Å². The number of H-pyrrole nitrogens is 1. The number of aromatic amines is 1. The number of unbranched alkanes of at least 4 members (excludes halogenated alkanes) is 1. The van der Waals surface area contributed by atoms with Crippen LogP contribution in [0.5, 0.6) is 0 Å².